The van der Waals surface area contributed by atoms with E-state index in [0.29, 0.717) is 5.69 Å². The molecule has 0 aliphatic carbocycles. The number of methoxy groups -OCH3 is 1. The number of carbonyl (C=O) groups is 1. The minimum absolute atomic E-state index is 0.199. The summed E-state index contributed by atoms with van der Waals surface area (Å²) < 4.78 is 6.82. The Balaban J connectivity index is 2.09. The normalized spacial score (nSPS) is 10.4. The number of ether oxygens (including phenoxy) is 1. The molecule has 0 aliphatic heterocycles. The molecule has 0 aliphatic rings. The first kappa shape index (κ1) is 13.8. The largest absolute Gasteiger partial charge is 0.497 e. The lowest BCUT2D eigenvalue weighted by atomic mass is 10.1. The van der Waals surface area contributed by atoms with Gasteiger partial charge in [-0.05, 0) is 30.3 Å². The van der Waals surface area contributed by atoms with E-state index in [0.717, 1.165) is 17.0 Å². The van der Waals surface area contributed by atoms with Gasteiger partial charge in [-0.25, -0.2) is 9.48 Å². The summed E-state index contributed by atoms with van der Waals surface area (Å²) in [6, 6.07) is 14.1. The summed E-state index contributed by atoms with van der Waals surface area (Å²) in [5, 5.41) is 17.1. The minimum atomic E-state index is -0.982. The van der Waals surface area contributed by atoms with Crippen LogP contribution in [0.25, 0.3) is 16.9 Å². The molecule has 3 aromatic rings. The predicted molar refractivity (Wildman–Crippen MR) is 80.3 cm³/mol. The van der Waals surface area contributed by atoms with Gasteiger partial charge in [0, 0.05) is 5.56 Å². The van der Waals surface area contributed by atoms with Crippen LogP contribution in [0.3, 0.4) is 0 Å². The van der Waals surface area contributed by atoms with Crippen molar-refractivity contribution in [3.05, 3.63) is 60.3 Å². The van der Waals surface area contributed by atoms with Crippen LogP contribution in [0, 0.1) is 0 Å². The fraction of sp³-hybridized carbons (Fsp3) is 0.0625. The lowest BCUT2D eigenvalue weighted by Gasteiger charge is -2.08. The van der Waals surface area contributed by atoms with Gasteiger partial charge >= 0.3 is 5.97 Å². The Kier molecular flexibility index (Phi) is 3.57. The van der Waals surface area contributed by atoms with Gasteiger partial charge in [-0.2, -0.15) is 0 Å². The third kappa shape index (κ3) is 2.54. The Morgan fingerprint density at radius 2 is 2.00 bits per heavy atom. The summed E-state index contributed by atoms with van der Waals surface area (Å²) in [7, 11) is 1.60. The second-order valence-electron chi connectivity index (χ2n) is 4.62. The molecule has 0 saturated heterocycles. The zero-order valence-electron chi connectivity index (χ0n) is 11.8. The SMILES string of the molecule is COc1cccc(-c2cnnn2-c2cccc(C(=O)O)c2)c1. The van der Waals surface area contributed by atoms with E-state index in [9.17, 15) is 4.79 Å². The highest BCUT2D eigenvalue weighted by Gasteiger charge is 2.11. The van der Waals surface area contributed by atoms with Gasteiger partial charge in [0.2, 0.25) is 0 Å². The maximum Gasteiger partial charge on any atom is 0.335 e. The molecule has 1 heterocycles. The van der Waals surface area contributed by atoms with E-state index >= 15 is 0 Å². The third-order valence-electron chi connectivity index (χ3n) is 3.25. The summed E-state index contributed by atoms with van der Waals surface area (Å²) in [4.78, 5) is 11.1. The van der Waals surface area contributed by atoms with Crippen molar-refractivity contribution in [2.45, 2.75) is 0 Å². The first-order valence-electron chi connectivity index (χ1n) is 6.58. The molecule has 0 unspecified atom stereocenters. The van der Waals surface area contributed by atoms with E-state index in [1.165, 1.54) is 6.07 Å². The van der Waals surface area contributed by atoms with Crippen LogP contribution in [0.5, 0.6) is 5.75 Å². The van der Waals surface area contributed by atoms with Crippen LogP contribution in [-0.2, 0) is 0 Å². The Morgan fingerprint density at radius 1 is 1.18 bits per heavy atom. The van der Waals surface area contributed by atoms with Crippen molar-refractivity contribution in [1.82, 2.24) is 15.0 Å². The van der Waals surface area contributed by atoms with Gasteiger partial charge in [0.25, 0.3) is 0 Å². The molecule has 22 heavy (non-hydrogen) atoms. The van der Waals surface area contributed by atoms with Crippen LogP contribution >= 0.6 is 0 Å². The van der Waals surface area contributed by atoms with Crippen LogP contribution in [0.4, 0.5) is 0 Å². The van der Waals surface area contributed by atoms with E-state index in [1.807, 2.05) is 24.3 Å². The van der Waals surface area contributed by atoms with E-state index < -0.39 is 5.97 Å². The molecule has 6 heteroatoms. The summed E-state index contributed by atoms with van der Waals surface area (Å²) in [6.07, 6.45) is 1.63. The zero-order chi connectivity index (χ0) is 15.5. The standard InChI is InChI=1S/C16H13N3O3/c1-22-14-7-3-4-11(9-14)15-10-17-18-19(15)13-6-2-5-12(8-13)16(20)21/h2-10H,1H3,(H,20,21). The molecule has 6 nitrogen and oxygen atoms in total. The highest BCUT2D eigenvalue weighted by atomic mass is 16.5. The van der Waals surface area contributed by atoms with Crippen LogP contribution < -0.4 is 4.74 Å². The number of aromatic carboxylic acids is 1. The van der Waals surface area contributed by atoms with Crippen molar-refractivity contribution in [1.29, 1.82) is 0 Å². The molecule has 0 spiro atoms. The molecular formula is C16H13N3O3. The quantitative estimate of drug-likeness (QED) is 0.800. The number of rotatable bonds is 4. The third-order valence-corrected chi connectivity index (χ3v) is 3.25. The molecular weight excluding hydrogens is 282 g/mol. The Bertz CT molecular complexity index is 827. The number of carboxylic acids is 1. The molecule has 0 saturated carbocycles. The van der Waals surface area contributed by atoms with Crippen molar-refractivity contribution in [2.75, 3.05) is 7.11 Å². The lowest BCUT2D eigenvalue weighted by molar-refractivity contribution is 0.0697. The Labute approximate surface area is 126 Å². The maximum atomic E-state index is 11.1. The Hall–Kier alpha value is -3.15. The van der Waals surface area contributed by atoms with Crippen LogP contribution in [0.1, 0.15) is 10.4 Å². The van der Waals surface area contributed by atoms with Crippen LogP contribution in [-0.4, -0.2) is 33.2 Å². The van der Waals surface area contributed by atoms with Crippen molar-refractivity contribution < 1.29 is 14.6 Å². The highest BCUT2D eigenvalue weighted by molar-refractivity contribution is 5.88. The average molecular weight is 295 g/mol. The molecule has 0 amide bonds. The molecule has 0 radical (unpaired) electrons. The molecule has 0 fully saturated rings. The summed E-state index contributed by atoms with van der Waals surface area (Å²) in [5.74, 6) is -0.255. The number of hydrogen-bond acceptors (Lipinski definition) is 4. The van der Waals surface area contributed by atoms with E-state index in [1.54, 1.807) is 36.2 Å². The number of aromatic nitrogens is 3. The predicted octanol–water partition coefficient (Wildman–Crippen LogP) is 2.64. The summed E-state index contributed by atoms with van der Waals surface area (Å²) in [6.45, 7) is 0. The van der Waals surface area contributed by atoms with Gasteiger partial charge in [0.15, 0.2) is 0 Å². The molecule has 3 rings (SSSR count). The van der Waals surface area contributed by atoms with Gasteiger partial charge in [-0.3, -0.25) is 0 Å². The average Bonchev–Trinajstić information content (AvgIpc) is 3.04. The van der Waals surface area contributed by atoms with E-state index in [4.69, 9.17) is 9.84 Å². The van der Waals surface area contributed by atoms with Crippen molar-refractivity contribution in [2.24, 2.45) is 0 Å². The second-order valence-corrected chi connectivity index (χ2v) is 4.62. The van der Waals surface area contributed by atoms with E-state index in [-0.39, 0.29) is 5.56 Å². The maximum absolute atomic E-state index is 11.1. The van der Waals surface area contributed by atoms with Gasteiger partial charge in [-0.1, -0.05) is 23.4 Å². The highest BCUT2D eigenvalue weighted by Crippen LogP contribution is 2.25. The summed E-state index contributed by atoms with van der Waals surface area (Å²) in [5.41, 5.74) is 2.46. The number of hydrogen-bond donors (Lipinski definition) is 1. The van der Waals surface area contributed by atoms with Crippen LogP contribution in [0.15, 0.2) is 54.7 Å². The molecule has 0 atom stereocenters. The fourth-order valence-corrected chi connectivity index (χ4v) is 2.18. The topological polar surface area (TPSA) is 77.2 Å². The van der Waals surface area contributed by atoms with Gasteiger partial charge in [0.05, 0.1) is 30.3 Å². The zero-order valence-corrected chi connectivity index (χ0v) is 11.8. The molecule has 2 aromatic carbocycles. The molecule has 0 bridgehead atoms. The number of benzene rings is 2. The first-order valence-corrected chi connectivity index (χ1v) is 6.58. The number of nitrogens with zero attached hydrogens (tertiary/aromatic N) is 3. The molecule has 1 N–H and O–H groups in total. The minimum Gasteiger partial charge on any atom is -0.497 e. The van der Waals surface area contributed by atoms with E-state index in [2.05, 4.69) is 10.3 Å². The van der Waals surface area contributed by atoms with Crippen molar-refractivity contribution in [3.63, 3.8) is 0 Å². The van der Waals surface area contributed by atoms with Gasteiger partial charge in [-0.15, -0.1) is 5.10 Å². The Morgan fingerprint density at radius 3 is 2.77 bits per heavy atom. The fourth-order valence-electron chi connectivity index (χ4n) is 2.18. The lowest BCUT2D eigenvalue weighted by Crippen LogP contribution is -2.02. The first-order chi connectivity index (χ1) is 10.7. The molecule has 110 valence electrons. The van der Waals surface area contributed by atoms with Crippen molar-refractivity contribution >= 4 is 5.97 Å². The van der Waals surface area contributed by atoms with Gasteiger partial charge in [0.1, 0.15) is 5.75 Å². The monoisotopic (exact) mass is 295 g/mol. The second kappa shape index (κ2) is 5.69. The van der Waals surface area contributed by atoms with Gasteiger partial charge < -0.3 is 9.84 Å². The number of carboxylic acid groups (broad SMARTS) is 1. The summed E-state index contributed by atoms with van der Waals surface area (Å²) >= 11 is 0. The smallest absolute Gasteiger partial charge is 0.335 e. The van der Waals surface area contributed by atoms with Crippen molar-refractivity contribution in [3.8, 4) is 22.7 Å². The van der Waals surface area contributed by atoms with Crippen LogP contribution in [0.2, 0.25) is 0 Å². The molecule has 1 aromatic heterocycles.